The second kappa shape index (κ2) is 13.2. The van der Waals surface area contributed by atoms with Crippen LogP contribution in [0.5, 0.6) is 11.5 Å². The molecule has 3 rings (SSSR count). The summed E-state index contributed by atoms with van der Waals surface area (Å²) < 4.78 is 0. The molecule has 0 aliphatic heterocycles. The topological polar surface area (TPSA) is 84.3 Å². The first-order valence-electron chi connectivity index (χ1n) is 11.9. The van der Waals surface area contributed by atoms with E-state index in [4.69, 9.17) is 11.6 Å². The van der Waals surface area contributed by atoms with Crippen molar-refractivity contribution in [2.75, 3.05) is 0 Å². The van der Waals surface area contributed by atoms with Crippen molar-refractivity contribution in [3.05, 3.63) is 75.8 Å². The summed E-state index contributed by atoms with van der Waals surface area (Å²) >= 11 is 6.16. The fourth-order valence-corrected chi connectivity index (χ4v) is 4.22. The van der Waals surface area contributed by atoms with Crippen molar-refractivity contribution in [2.24, 2.45) is 4.99 Å². The maximum Gasteiger partial charge on any atom is 2.00 e. The van der Waals surface area contributed by atoms with Gasteiger partial charge < -0.3 is 10.2 Å². The minimum Gasteiger partial charge on any atom is -0.873 e. The zero-order chi connectivity index (χ0) is 26.4. The molecule has 36 heavy (non-hydrogen) atoms. The molecule has 0 bridgehead atoms. The Balaban J connectivity index is 0.000000351. The predicted molar refractivity (Wildman–Crippen MR) is 142 cm³/mol. The summed E-state index contributed by atoms with van der Waals surface area (Å²) in [6.07, 6.45) is 7.14. The van der Waals surface area contributed by atoms with E-state index in [1.54, 1.807) is 30.7 Å². The molecule has 0 unspecified atom stereocenters. The van der Waals surface area contributed by atoms with Crippen LogP contribution in [0, 0.1) is 0 Å². The number of aliphatic imine (C=N–C) groups is 1. The molecular weight excluding hydrogens is 516 g/mol. The van der Waals surface area contributed by atoms with Gasteiger partial charge in [0.05, 0.1) is 11.9 Å². The minimum atomic E-state index is -0.463. The summed E-state index contributed by atoms with van der Waals surface area (Å²) in [5.41, 5.74) is 3.72. The van der Waals surface area contributed by atoms with Crippen molar-refractivity contribution < 1.29 is 26.7 Å². The first kappa shape index (κ1) is 31.6. The van der Waals surface area contributed by atoms with E-state index in [1.165, 1.54) is 11.1 Å². The number of rotatable bonds is 4. The van der Waals surface area contributed by atoms with Crippen molar-refractivity contribution in [1.82, 2.24) is 9.97 Å². The largest absolute Gasteiger partial charge is 2.00 e. The van der Waals surface area contributed by atoms with Crippen LogP contribution in [0.3, 0.4) is 0 Å². The first-order chi connectivity index (χ1) is 16.3. The van der Waals surface area contributed by atoms with E-state index >= 15 is 0 Å². The molecule has 0 amide bonds. The third-order valence-electron chi connectivity index (χ3n) is 5.61. The van der Waals surface area contributed by atoms with Gasteiger partial charge in [-0.1, -0.05) is 85.2 Å². The van der Waals surface area contributed by atoms with E-state index in [-0.39, 0.29) is 21.9 Å². The molecule has 0 saturated carbocycles. The van der Waals surface area contributed by atoms with Gasteiger partial charge in [0.25, 0.3) is 0 Å². The van der Waals surface area contributed by atoms with E-state index in [9.17, 15) is 10.2 Å². The zero-order valence-corrected chi connectivity index (χ0v) is 24.1. The predicted octanol–water partition coefficient (Wildman–Crippen LogP) is 6.43. The van der Waals surface area contributed by atoms with Gasteiger partial charge in [0.2, 0.25) is 0 Å². The van der Waals surface area contributed by atoms with Gasteiger partial charge in [-0.2, -0.15) is 0 Å². The van der Waals surface area contributed by atoms with Gasteiger partial charge in [0.15, 0.2) is 5.82 Å². The number of aryl methyl sites for hydroxylation is 2. The quantitative estimate of drug-likeness (QED) is 0.276. The van der Waals surface area contributed by atoms with Gasteiger partial charge in [-0.3, -0.25) is 4.99 Å². The van der Waals surface area contributed by atoms with Crippen molar-refractivity contribution in [3.63, 3.8) is 0 Å². The van der Waals surface area contributed by atoms with Gasteiger partial charge in [-0.05, 0) is 58.1 Å². The van der Waals surface area contributed by atoms with Crippen molar-refractivity contribution in [1.29, 1.82) is 0 Å². The number of nitrogens with zero attached hydrogens (tertiary/aromatic N) is 3. The smallest absolute Gasteiger partial charge is 0.873 e. The van der Waals surface area contributed by atoms with Crippen LogP contribution in [0.4, 0.5) is 5.69 Å². The van der Waals surface area contributed by atoms with Crippen molar-refractivity contribution in [3.8, 4) is 11.5 Å². The molecule has 1 aromatic heterocycles. The molecule has 0 radical (unpaired) electrons. The molecule has 0 fully saturated rings. The van der Waals surface area contributed by atoms with Crippen molar-refractivity contribution >= 4 is 23.5 Å². The zero-order valence-electron chi connectivity index (χ0n) is 22.4. The molecule has 0 saturated heterocycles. The molecule has 7 heteroatoms. The van der Waals surface area contributed by atoms with E-state index < -0.39 is 16.9 Å². The van der Waals surface area contributed by atoms with Crippen molar-refractivity contribution in [2.45, 2.75) is 79.1 Å². The Morgan fingerprint density at radius 3 is 1.83 bits per heavy atom. The number of halogens is 1. The average Bonchev–Trinajstić information content (AvgIpc) is 2.79. The number of benzene rings is 2. The Morgan fingerprint density at radius 2 is 1.39 bits per heavy atom. The van der Waals surface area contributed by atoms with E-state index in [2.05, 4.69) is 47.0 Å². The minimum absolute atomic E-state index is 0. The fraction of sp³-hybridized carbons (Fsp3) is 0.414. The molecule has 0 atom stereocenters. The second-order valence-corrected chi connectivity index (χ2v) is 10.8. The standard InChI is InChI=1S/C15H17N3.C14H21ClO2.Ni/c1-3-12-7-5-8-13(4-2)15(12)18-11-14-16-9-6-10-17-14;1-13(2,3)8-7-9(15)10(14(4,5)6)12(17)11(8)16;/h5-11H,3-4H2,1-2H3;7,16-17H,1-6H3;/q;;+2/p-2. The summed E-state index contributed by atoms with van der Waals surface area (Å²) in [4.78, 5) is 12.9. The Kier molecular flexibility index (Phi) is 11.6. The number of para-hydroxylation sites is 1. The Bertz CT molecular complexity index is 1150. The van der Waals surface area contributed by atoms with Crippen LogP contribution in [-0.4, -0.2) is 16.2 Å². The molecule has 5 nitrogen and oxygen atoms in total. The molecule has 0 N–H and O–H groups in total. The Hall–Kier alpha value is -2.43. The summed E-state index contributed by atoms with van der Waals surface area (Å²) in [6, 6.07) is 9.78. The van der Waals surface area contributed by atoms with Crippen LogP contribution in [0.25, 0.3) is 0 Å². The SMILES string of the molecule is CC(C)(C)c1cc(Cl)c(C(C)(C)C)c([O-])c1[O-].CCc1cccc(CC)c1N=Cc1ncccn1.[Ni+2]. The summed E-state index contributed by atoms with van der Waals surface area (Å²) in [5, 5.41) is 24.6. The average molecular weight is 553 g/mol. The third-order valence-corrected chi connectivity index (χ3v) is 5.90. The number of aromatic nitrogens is 2. The number of hydrogen-bond donors (Lipinski definition) is 0. The van der Waals surface area contributed by atoms with Crippen LogP contribution < -0.4 is 10.2 Å². The summed E-state index contributed by atoms with van der Waals surface area (Å²) in [5.74, 6) is -0.243. The molecule has 1 heterocycles. The molecular formula is C29H36ClN3NiO2. The van der Waals surface area contributed by atoms with E-state index in [0.29, 0.717) is 22.0 Å². The fourth-order valence-electron chi connectivity index (χ4n) is 3.75. The Labute approximate surface area is 231 Å². The maximum absolute atomic E-state index is 12.1. The molecule has 0 aliphatic carbocycles. The summed E-state index contributed by atoms with van der Waals surface area (Å²) in [7, 11) is 0. The van der Waals surface area contributed by atoms with Crippen LogP contribution in [0.15, 0.2) is 47.7 Å². The van der Waals surface area contributed by atoms with Crippen LogP contribution >= 0.6 is 11.6 Å². The van der Waals surface area contributed by atoms with Gasteiger partial charge in [0.1, 0.15) is 0 Å². The van der Waals surface area contributed by atoms with Gasteiger partial charge in [-0.15, -0.1) is 11.5 Å². The van der Waals surface area contributed by atoms with Crippen LogP contribution in [0.2, 0.25) is 5.02 Å². The van der Waals surface area contributed by atoms with Gasteiger partial charge >= 0.3 is 16.5 Å². The molecule has 3 aromatic rings. The molecule has 2 aromatic carbocycles. The summed E-state index contributed by atoms with van der Waals surface area (Å²) in [6.45, 7) is 15.6. The van der Waals surface area contributed by atoms with Gasteiger partial charge in [0, 0.05) is 17.4 Å². The second-order valence-electron chi connectivity index (χ2n) is 10.4. The normalized spacial score (nSPS) is 11.6. The van der Waals surface area contributed by atoms with E-state index in [0.717, 1.165) is 18.5 Å². The maximum atomic E-state index is 12.1. The first-order valence-corrected chi connectivity index (χ1v) is 12.3. The molecule has 196 valence electrons. The van der Waals surface area contributed by atoms with Crippen LogP contribution in [0.1, 0.15) is 83.5 Å². The van der Waals surface area contributed by atoms with Crippen LogP contribution in [-0.2, 0) is 40.2 Å². The van der Waals surface area contributed by atoms with E-state index in [1.807, 2.05) is 41.5 Å². The van der Waals surface area contributed by atoms with Gasteiger partial charge in [-0.25, -0.2) is 9.97 Å². The monoisotopic (exact) mass is 551 g/mol. The molecule has 0 aliphatic rings. The number of hydrogen-bond acceptors (Lipinski definition) is 5. The third kappa shape index (κ3) is 8.04. The molecule has 0 spiro atoms. The Morgan fingerprint density at radius 1 is 0.861 bits per heavy atom.